The van der Waals surface area contributed by atoms with Gasteiger partial charge in [-0.05, 0) is 24.3 Å². The van der Waals surface area contributed by atoms with Gasteiger partial charge in [-0.1, -0.05) is 17.7 Å². The minimum Gasteiger partial charge on any atom is -0.486 e. The lowest BCUT2D eigenvalue weighted by molar-refractivity contribution is 0.288. The molecule has 0 spiro atoms. The van der Waals surface area contributed by atoms with Crippen LogP contribution in [0.4, 0.5) is 14.5 Å². The van der Waals surface area contributed by atoms with Gasteiger partial charge in [-0.15, -0.1) is 0 Å². The average molecular weight is 270 g/mol. The number of benzene rings is 2. The summed E-state index contributed by atoms with van der Waals surface area (Å²) in [6.07, 6.45) is 0. The number of ether oxygens (including phenoxy) is 1. The second-order valence-electron chi connectivity index (χ2n) is 3.71. The van der Waals surface area contributed by atoms with Crippen molar-refractivity contribution in [2.24, 2.45) is 0 Å². The van der Waals surface area contributed by atoms with E-state index >= 15 is 0 Å². The van der Waals surface area contributed by atoms with Gasteiger partial charge < -0.3 is 10.5 Å². The molecular formula is C13H10ClF2NO. The van der Waals surface area contributed by atoms with Crippen LogP contribution >= 0.6 is 11.6 Å². The SMILES string of the molecule is Nc1ccc(COc2cc(F)ccc2F)c(Cl)c1. The number of nitrogen functional groups attached to an aromatic ring is 1. The Hall–Kier alpha value is -1.81. The maximum atomic E-state index is 13.3. The molecule has 2 aromatic rings. The van der Waals surface area contributed by atoms with Crippen molar-refractivity contribution >= 4 is 17.3 Å². The Morgan fingerprint density at radius 2 is 1.89 bits per heavy atom. The average Bonchev–Trinajstić information content (AvgIpc) is 2.32. The van der Waals surface area contributed by atoms with E-state index < -0.39 is 11.6 Å². The maximum Gasteiger partial charge on any atom is 0.165 e. The molecule has 0 aromatic heterocycles. The Bertz CT molecular complexity index is 575. The third-order valence-electron chi connectivity index (χ3n) is 2.35. The molecule has 2 rings (SSSR count). The molecule has 0 aliphatic carbocycles. The number of nitrogens with two attached hydrogens (primary N) is 1. The standard InChI is InChI=1S/C13H10ClF2NO/c14-11-6-10(17)3-1-8(11)7-18-13-5-9(15)2-4-12(13)16/h1-6H,7,17H2. The Morgan fingerprint density at radius 1 is 1.11 bits per heavy atom. The van der Waals surface area contributed by atoms with Crippen molar-refractivity contribution < 1.29 is 13.5 Å². The van der Waals surface area contributed by atoms with Crippen LogP contribution in [0.3, 0.4) is 0 Å². The molecule has 0 saturated heterocycles. The molecule has 0 saturated carbocycles. The Kier molecular flexibility index (Phi) is 3.67. The van der Waals surface area contributed by atoms with Crippen molar-refractivity contribution in [3.63, 3.8) is 0 Å². The highest BCUT2D eigenvalue weighted by molar-refractivity contribution is 6.31. The first-order valence-corrected chi connectivity index (χ1v) is 5.56. The van der Waals surface area contributed by atoms with Gasteiger partial charge in [0.2, 0.25) is 0 Å². The topological polar surface area (TPSA) is 35.2 Å². The lowest BCUT2D eigenvalue weighted by Crippen LogP contribution is -1.99. The third-order valence-corrected chi connectivity index (χ3v) is 2.71. The molecular weight excluding hydrogens is 260 g/mol. The quantitative estimate of drug-likeness (QED) is 0.861. The van der Waals surface area contributed by atoms with Crippen LogP contribution in [0.1, 0.15) is 5.56 Å². The normalized spacial score (nSPS) is 10.4. The van der Waals surface area contributed by atoms with Gasteiger partial charge in [0, 0.05) is 22.3 Å². The first kappa shape index (κ1) is 12.6. The van der Waals surface area contributed by atoms with Crippen molar-refractivity contribution in [2.45, 2.75) is 6.61 Å². The smallest absolute Gasteiger partial charge is 0.165 e. The molecule has 0 unspecified atom stereocenters. The minimum absolute atomic E-state index is 0.0412. The van der Waals surface area contributed by atoms with Crippen LogP contribution in [0.2, 0.25) is 5.02 Å². The van der Waals surface area contributed by atoms with E-state index in [4.69, 9.17) is 22.1 Å². The van der Waals surface area contributed by atoms with Gasteiger partial charge in [0.05, 0.1) is 0 Å². The fourth-order valence-electron chi connectivity index (χ4n) is 1.42. The molecule has 0 aliphatic heterocycles. The molecule has 0 atom stereocenters. The van der Waals surface area contributed by atoms with E-state index in [9.17, 15) is 8.78 Å². The molecule has 0 amide bonds. The van der Waals surface area contributed by atoms with Gasteiger partial charge in [0.1, 0.15) is 12.4 Å². The van der Waals surface area contributed by atoms with Crippen LogP contribution in [-0.4, -0.2) is 0 Å². The summed E-state index contributed by atoms with van der Waals surface area (Å²) < 4.78 is 31.4. The fraction of sp³-hybridized carbons (Fsp3) is 0.0769. The molecule has 0 radical (unpaired) electrons. The monoisotopic (exact) mass is 269 g/mol. The Labute approximate surface area is 108 Å². The van der Waals surface area contributed by atoms with Crippen molar-refractivity contribution in [3.05, 3.63) is 58.6 Å². The summed E-state index contributed by atoms with van der Waals surface area (Å²) in [6, 6.07) is 7.93. The van der Waals surface area contributed by atoms with Gasteiger partial charge in [0.25, 0.3) is 0 Å². The van der Waals surface area contributed by atoms with E-state index in [1.165, 1.54) is 0 Å². The molecule has 2 nitrogen and oxygen atoms in total. The van der Waals surface area contributed by atoms with Crippen LogP contribution in [0, 0.1) is 11.6 Å². The van der Waals surface area contributed by atoms with Crippen molar-refractivity contribution in [2.75, 3.05) is 5.73 Å². The van der Waals surface area contributed by atoms with Gasteiger partial charge >= 0.3 is 0 Å². The Balaban J connectivity index is 2.13. The van der Waals surface area contributed by atoms with E-state index in [-0.39, 0.29) is 12.4 Å². The summed E-state index contributed by atoms with van der Waals surface area (Å²) in [6.45, 7) is 0.0412. The minimum atomic E-state index is -0.622. The zero-order valence-corrected chi connectivity index (χ0v) is 10.0. The van der Waals surface area contributed by atoms with Gasteiger partial charge in [-0.3, -0.25) is 0 Å². The highest BCUT2D eigenvalue weighted by Crippen LogP contribution is 2.23. The van der Waals surface area contributed by atoms with Crippen LogP contribution in [-0.2, 0) is 6.61 Å². The van der Waals surface area contributed by atoms with Crippen LogP contribution in [0.5, 0.6) is 5.75 Å². The molecule has 0 bridgehead atoms. The molecule has 0 aliphatic rings. The molecule has 2 aromatic carbocycles. The second kappa shape index (κ2) is 5.23. The summed E-state index contributed by atoms with van der Waals surface area (Å²) in [5, 5.41) is 0.423. The molecule has 0 fully saturated rings. The molecule has 18 heavy (non-hydrogen) atoms. The third kappa shape index (κ3) is 2.90. The van der Waals surface area contributed by atoms with Crippen molar-refractivity contribution in [1.82, 2.24) is 0 Å². The summed E-state index contributed by atoms with van der Waals surface area (Å²) >= 11 is 5.94. The predicted octanol–water partition coefficient (Wildman–Crippen LogP) is 3.78. The highest BCUT2D eigenvalue weighted by atomic mass is 35.5. The summed E-state index contributed by atoms with van der Waals surface area (Å²) in [7, 11) is 0. The van der Waals surface area contributed by atoms with E-state index in [1.54, 1.807) is 18.2 Å². The van der Waals surface area contributed by atoms with Gasteiger partial charge in [-0.2, -0.15) is 0 Å². The zero-order valence-electron chi connectivity index (χ0n) is 9.29. The first-order valence-electron chi connectivity index (χ1n) is 5.18. The number of rotatable bonds is 3. The van der Waals surface area contributed by atoms with Crippen LogP contribution in [0.15, 0.2) is 36.4 Å². The number of halogens is 3. The summed E-state index contributed by atoms with van der Waals surface area (Å²) in [4.78, 5) is 0. The molecule has 5 heteroatoms. The highest BCUT2D eigenvalue weighted by Gasteiger charge is 2.07. The van der Waals surface area contributed by atoms with Crippen LogP contribution in [0.25, 0.3) is 0 Å². The number of hydrogen-bond acceptors (Lipinski definition) is 2. The van der Waals surface area contributed by atoms with E-state index in [0.29, 0.717) is 16.3 Å². The second-order valence-corrected chi connectivity index (χ2v) is 4.12. The van der Waals surface area contributed by atoms with E-state index in [1.807, 2.05) is 0 Å². The Morgan fingerprint density at radius 3 is 2.61 bits per heavy atom. The fourth-order valence-corrected chi connectivity index (χ4v) is 1.67. The van der Waals surface area contributed by atoms with E-state index in [2.05, 4.69) is 0 Å². The number of anilines is 1. The lowest BCUT2D eigenvalue weighted by atomic mass is 10.2. The number of hydrogen-bond donors (Lipinski definition) is 1. The lowest BCUT2D eigenvalue weighted by Gasteiger charge is -2.09. The van der Waals surface area contributed by atoms with Gasteiger partial charge in [-0.25, -0.2) is 8.78 Å². The van der Waals surface area contributed by atoms with Crippen molar-refractivity contribution in [3.8, 4) is 5.75 Å². The first-order chi connectivity index (χ1) is 8.56. The van der Waals surface area contributed by atoms with Crippen LogP contribution < -0.4 is 10.5 Å². The molecule has 94 valence electrons. The summed E-state index contributed by atoms with van der Waals surface area (Å²) in [5.41, 5.74) is 6.72. The zero-order chi connectivity index (χ0) is 13.1. The summed E-state index contributed by atoms with van der Waals surface area (Å²) in [5.74, 6) is -1.33. The molecule has 2 N–H and O–H groups in total. The molecule has 0 heterocycles. The van der Waals surface area contributed by atoms with Gasteiger partial charge in [0.15, 0.2) is 11.6 Å². The van der Waals surface area contributed by atoms with Crippen molar-refractivity contribution in [1.29, 1.82) is 0 Å². The predicted molar refractivity (Wildman–Crippen MR) is 66.6 cm³/mol. The largest absolute Gasteiger partial charge is 0.486 e. The van der Waals surface area contributed by atoms with E-state index in [0.717, 1.165) is 18.2 Å². The maximum absolute atomic E-state index is 13.3.